The Bertz CT molecular complexity index is 4230. The third kappa shape index (κ3) is 6.37. The van der Waals surface area contributed by atoms with Crippen molar-refractivity contribution < 1.29 is 0 Å². The van der Waals surface area contributed by atoms with E-state index in [0.717, 1.165) is 0 Å². The first-order chi connectivity index (χ1) is 37.2. The zero-order valence-electron chi connectivity index (χ0n) is 43.8. The smallest absolute Gasteiger partial charge is 0.247 e. The minimum atomic E-state index is -0.0426. The number of benzene rings is 11. The van der Waals surface area contributed by atoms with Crippen LogP contribution in [0.25, 0.3) is 99.5 Å². The minimum Gasteiger partial charge on any atom is -0.310 e. The molecule has 4 heteroatoms. The van der Waals surface area contributed by atoms with Gasteiger partial charge in [0.1, 0.15) is 0 Å². The summed E-state index contributed by atoms with van der Waals surface area (Å²) in [4.78, 5) is 0. The van der Waals surface area contributed by atoms with Crippen LogP contribution in [0.5, 0.6) is 0 Å². The topological polar surface area (TPSA) is 9.86 Å². The molecule has 0 aliphatic carbocycles. The van der Waals surface area contributed by atoms with E-state index in [1.54, 1.807) is 0 Å². The van der Waals surface area contributed by atoms with Crippen LogP contribution in [-0.4, -0.2) is 22.6 Å². The van der Waals surface area contributed by atoms with Gasteiger partial charge in [0.15, 0.2) is 0 Å². The summed E-state index contributed by atoms with van der Waals surface area (Å²) in [6.45, 7) is 13.8. The van der Waals surface area contributed by atoms with Crippen LogP contribution < -0.4 is 32.8 Å². The van der Waals surface area contributed by atoms with Crippen LogP contribution in [0, 0.1) is 41.5 Å². The lowest BCUT2D eigenvalue weighted by Crippen LogP contribution is -2.62. The van der Waals surface area contributed by atoms with Gasteiger partial charge in [-0.05, 0) is 126 Å². The summed E-state index contributed by atoms with van der Waals surface area (Å²) in [6.07, 6.45) is 0. The number of aryl methyl sites for hydroxylation is 6. The summed E-state index contributed by atoms with van der Waals surface area (Å²) in [6, 6.07) is 83.0. The molecule has 0 atom stereocenters. The van der Waals surface area contributed by atoms with E-state index in [4.69, 9.17) is 0 Å². The molecule has 15 rings (SSSR count). The van der Waals surface area contributed by atoms with Crippen molar-refractivity contribution in [3.8, 4) is 55.9 Å². The normalized spacial score (nSPS) is 12.6. The highest BCUT2D eigenvalue weighted by Gasteiger charge is 2.42. The van der Waals surface area contributed by atoms with Crippen LogP contribution in [0.2, 0.25) is 0 Å². The molecule has 0 saturated carbocycles. The Hall–Kier alpha value is -8.85. The summed E-state index contributed by atoms with van der Waals surface area (Å²) in [5, 5.41) is 5.18. The molecule has 0 bridgehead atoms. The van der Waals surface area contributed by atoms with Crippen molar-refractivity contribution in [3.05, 3.63) is 252 Å². The third-order valence-corrected chi connectivity index (χ3v) is 17.2. The number of hydrogen-bond donors (Lipinski definition) is 0. The number of hydrogen-bond acceptors (Lipinski definition) is 0. The van der Waals surface area contributed by atoms with Gasteiger partial charge in [-0.2, -0.15) is 0 Å². The fourth-order valence-corrected chi connectivity index (χ4v) is 14.5. The highest BCUT2D eigenvalue weighted by atomic mass is 15.0. The average Bonchev–Trinajstić information content (AvgIpc) is 4.16. The largest absolute Gasteiger partial charge is 0.310 e. The standard InChI is InChI=1S/C72H54B2N2/c1-43-37-45(3)69(46(4)38-43)73-57-35-33-55(51-25-15-9-16-26-51)67-65-53(49-21-11-7-12-22-49)29-19-31-61(65)75(71(57)67)63-42-64-60(41-59(63)73)74(70-47(5)39-44(2)40-48(70)6)58-36-34-56(52-27-17-10-18-28-52)68-66-54(50-23-13-8-14-24-50)30-20-32-62(66)76(64)72(58)68/h7-42H,1-6H3. The molecule has 0 amide bonds. The van der Waals surface area contributed by atoms with Crippen molar-refractivity contribution in [2.45, 2.75) is 41.5 Å². The summed E-state index contributed by atoms with van der Waals surface area (Å²) >= 11 is 0. The first-order valence-corrected chi connectivity index (χ1v) is 27.0. The Morgan fingerprint density at radius 2 is 0.605 bits per heavy atom. The van der Waals surface area contributed by atoms with E-state index in [-0.39, 0.29) is 13.4 Å². The molecule has 4 heterocycles. The second-order valence-corrected chi connectivity index (χ2v) is 21.8. The SMILES string of the molecule is Cc1cc(C)c(B2c3cc4c(cc3-n3c5cccc(-c6ccccc6)c5c5c(-c6ccccc6)ccc2c53)-n2c3cccc(-c5ccccc5)c3c3c(-c5ccccc5)ccc(c32)B4c2c(C)cc(C)cc2C)c(C)c1. The average molecular weight is 969 g/mol. The predicted molar refractivity (Wildman–Crippen MR) is 327 cm³/mol. The molecule has 0 saturated heterocycles. The Balaban J connectivity index is 1.17. The maximum Gasteiger partial charge on any atom is 0.247 e. The molecule has 11 aromatic carbocycles. The van der Waals surface area contributed by atoms with Crippen LogP contribution in [0.15, 0.2) is 218 Å². The zero-order valence-corrected chi connectivity index (χ0v) is 43.8. The van der Waals surface area contributed by atoms with Crippen LogP contribution in [-0.2, 0) is 0 Å². The molecule has 0 unspecified atom stereocenters. The molecule has 358 valence electrons. The predicted octanol–water partition coefficient (Wildman–Crippen LogP) is 14.1. The lowest BCUT2D eigenvalue weighted by atomic mass is 9.31. The van der Waals surface area contributed by atoms with Gasteiger partial charge in [-0.3, -0.25) is 0 Å². The Morgan fingerprint density at radius 3 is 0.947 bits per heavy atom. The third-order valence-electron chi connectivity index (χ3n) is 17.2. The van der Waals surface area contributed by atoms with Crippen molar-refractivity contribution in [1.29, 1.82) is 0 Å². The molecule has 0 radical (unpaired) electrons. The molecule has 2 nitrogen and oxygen atoms in total. The van der Waals surface area contributed by atoms with E-state index in [9.17, 15) is 0 Å². The van der Waals surface area contributed by atoms with Gasteiger partial charge >= 0.3 is 0 Å². The minimum absolute atomic E-state index is 0.0426. The lowest BCUT2D eigenvalue weighted by molar-refractivity contribution is 1.15. The molecular weight excluding hydrogens is 914 g/mol. The van der Waals surface area contributed by atoms with Crippen LogP contribution in [0.1, 0.15) is 33.4 Å². The maximum atomic E-state index is 2.68. The van der Waals surface area contributed by atoms with Gasteiger partial charge in [-0.1, -0.05) is 244 Å². The van der Waals surface area contributed by atoms with E-state index >= 15 is 0 Å². The first kappa shape index (κ1) is 44.6. The molecule has 2 aromatic heterocycles. The van der Waals surface area contributed by atoms with Crippen molar-refractivity contribution in [2.24, 2.45) is 0 Å². The number of fused-ring (bicyclic) bond motifs is 10. The lowest BCUT2D eigenvalue weighted by Gasteiger charge is -2.34. The van der Waals surface area contributed by atoms with Crippen molar-refractivity contribution in [3.63, 3.8) is 0 Å². The van der Waals surface area contributed by atoms with Gasteiger partial charge in [0.25, 0.3) is 0 Å². The molecule has 0 spiro atoms. The van der Waals surface area contributed by atoms with E-state index in [2.05, 4.69) is 269 Å². The second-order valence-electron chi connectivity index (χ2n) is 21.8. The molecule has 0 fully saturated rings. The number of rotatable bonds is 6. The van der Waals surface area contributed by atoms with Crippen LogP contribution in [0.3, 0.4) is 0 Å². The summed E-state index contributed by atoms with van der Waals surface area (Å²) in [5.41, 5.74) is 33.4. The van der Waals surface area contributed by atoms with Gasteiger partial charge < -0.3 is 9.13 Å². The first-order valence-electron chi connectivity index (χ1n) is 27.0. The molecule has 2 aliphatic rings. The number of aromatic nitrogens is 2. The zero-order chi connectivity index (χ0) is 51.1. The highest BCUT2D eigenvalue weighted by molar-refractivity contribution is 7.01. The Labute approximate surface area is 445 Å². The van der Waals surface area contributed by atoms with Gasteiger partial charge in [-0.15, -0.1) is 0 Å². The van der Waals surface area contributed by atoms with Crippen molar-refractivity contribution >= 4 is 89.8 Å². The molecule has 76 heavy (non-hydrogen) atoms. The van der Waals surface area contributed by atoms with Gasteiger partial charge in [-0.25, -0.2) is 0 Å². The maximum absolute atomic E-state index is 2.68. The molecule has 2 aliphatic heterocycles. The molecule has 13 aromatic rings. The van der Waals surface area contributed by atoms with Gasteiger partial charge in [0.2, 0.25) is 13.4 Å². The fraction of sp³-hybridized carbons (Fsp3) is 0.0833. The second kappa shape index (κ2) is 16.8. The van der Waals surface area contributed by atoms with E-state index in [1.165, 1.54) is 166 Å². The van der Waals surface area contributed by atoms with Crippen LogP contribution >= 0.6 is 0 Å². The Morgan fingerprint density at radius 1 is 0.276 bits per heavy atom. The summed E-state index contributed by atoms with van der Waals surface area (Å²) in [5.74, 6) is 0. The highest BCUT2D eigenvalue weighted by Crippen LogP contribution is 2.46. The molecular formula is C72H54B2N2. The quantitative estimate of drug-likeness (QED) is 0.147. The fourth-order valence-electron chi connectivity index (χ4n) is 14.5. The van der Waals surface area contributed by atoms with E-state index in [1.807, 2.05) is 0 Å². The van der Waals surface area contributed by atoms with E-state index in [0.29, 0.717) is 0 Å². The monoisotopic (exact) mass is 968 g/mol. The summed E-state index contributed by atoms with van der Waals surface area (Å²) < 4.78 is 5.35. The van der Waals surface area contributed by atoms with Gasteiger partial charge in [0.05, 0.1) is 22.1 Å². The van der Waals surface area contributed by atoms with Crippen molar-refractivity contribution in [1.82, 2.24) is 9.13 Å². The number of nitrogens with zero attached hydrogens (tertiary/aromatic N) is 2. The molecule has 0 N–H and O–H groups in total. The van der Waals surface area contributed by atoms with Gasteiger partial charge in [0, 0.05) is 32.9 Å². The Kier molecular flexibility index (Phi) is 9.88. The summed E-state index contributed by atoms with van der Waals surface area (Å²) in [7, 11) is 0. The van der Waals surface area contributed by atoms with Crippen molar-refractivity contribution in [2.75, 3.05) is 0 Å². The van der Waals surface area contributed by atoms with E-state index < -0.39 is 0 Å². The van der Waals surface area contributed by atoms with Crippen LogP contribution in [0.4, 0.5) is 0 Å².